The summed E-state index contributed by atoms with van der Waals surface area (Å²) in [7, 11) is 4.20. The lowest BCUT2D eigenvalue weighted by Gasteiger charge is -2.25. The molecule has 2 aliphatic rings. The number of rotatable bonds is 1. The number of benzene rings is 1. The van der Waals surface area contributed by atoms with Crippen LogP contribution in [-0.2, 0) is 0 Å². The van der Waals surface area contributed by atoms with Gasteiger partial charge in [-0.1, -0.05) is 30.4 Å². The van der Waals surface area contributed by atoms with Gasteiger partial charge < -0.3 is 9.64 Å². The van der Waals surface area contributed by atoms with Gasteiger partial charge in [0.25, 0.3) is 0 Å². The summed E-state index contributed by atoms with van der Waals surface area (Å²) in [5.74, 6) is 2.09. The molecule has 0 unspecified atom stereocenters. The third-order valence-corrected chi connectivity index (χ3v) is 3.64. The second-order valence-corrected chi connectivity index (χ2v) is 5.24. The zero-order chi connectivity index (χ0) is 13.2. The summed E-state index contributed by atoms with van der Waals surface area (Å²) in [6, 6.07) is 8.25. The zero-order valence-electron chi connectivity index (χ0n) is 11.5. The molecule has 0 atom stereocenters. The Morgan fingerprint density at radius 3 is 2.84 bits per heavy atom. The third kappa shape index (κ3) is 2.43. The van der Waals surface area contributed by atoms with Crippen molar-refractivity contribution in [3.63, 3.8) is 0 Å². The van der Waals surface area contributed by atoms with Crippen molar-refractivity contribution in [2.45, 2.75) is 19.3 Å². The van der Waals surface area contributed by atoms with E-state index in [4.69, 9.17) is 4.74 Å². The quantitative estimate of drug-likeness (QED) is 0.750. The first-order valence-corrected chi connectivity index (χ1v) is 6.77. The number of ether oxygens (including phenoxy) is 1. The number of para-hydroxylation sites is 1. The molecule has 1 aliphatic heterocycles. The van der Waals surface area contributed by atoms with E-state index >= 15 is 0 Å². The van der Waals surface area contributed by atoms with Crippen molar-refractivity contribution in [2.24, 2.45) is 0 Å². The van der Waals surface area contributed by atoms with Gasteiger partial charge in [-0.3, -0.25) is 0 Å². The Bertz CT molecular complexity index is 579. The van der Waals surface area contributed by atoms with Gasteiger partial charge in [0.05, 0.1) is 0 Å². The van der Waals surface area contributed by atoms with Crippen LogP contribution in [0.2, 0.25) is 0 Å². The molecule has 3 rings (SSSR count). The summed E-state index contributed by atoms with van der Waals surface area (Å²) >= 11 is 0. The average molecular weight is 253 g/mol. The molecule has 19 heavy (non-hydrogen) atoms. The van der Waals surface area contributed by atoms with Crippen molar-refractivity contribution in [1.82, 2.24) is 4.90 Å². The smallest absolute Gasteiger partial charge is 0.134 e. The maximum atomic E-state index is 6.13. The van der Waals surface area contributed by atoms with E-state index in [-0.39, 0.29) is 0 Å². The van der Waals surface area contributed by atoms with Gasteiger partial charge in [0.15, 0.2) is 0 Å². The fourth-order valence-corrected chi connectivity index (χ4v) is 2.51. The summed E-state index contributed by atoms with van der Waals surface area (Å²) in [4.78, 5) is 2.19. The molecule has 1 aromatic carbocycles. The lowest BCUT2D eigenvalue weighted by Crippen LogP contribution is -2.15. The van der Waals surface area contributed by atoms with Crippen molar-refractivity contribution >= 4 is 6.08 Å². The standard InChI is InChI=1S/C17H19NO/c1-18(2)15-11-13-7-3-5-9-16(13)19-17-10-6-4-8-14(17)12-15/h3-5,7-9,11H,6,10,12H2,1-2H3. The highest BCUT2D eigenvalue weighted by Crippen LogP contribution is 2.33. The molecular formula is C17H19NO. The van der Waals surface area contributed by atoms with Gasteiger partial charge in [-0.2, -0.15) is 0 Å². The molecule has 0 N–H and O–H groups in total. The fraction of sp³-hybridized carbons (Fsp3) is 0.294. The minimum Gasteiger partial charge on any atom is -0.461 e. The first-order valence-electron chi connectivity index (χ1n) is 6.77. The molecule has 0 saturated carbocycles. The van der Waals surface area contributed by atoms with E-state index in [1.165, 1.54) is 11.3 Å². The minimum atomic E-state index is 0.938. The summed E-state index contributed by atoms with van der Waals surface area (Å²) in [5.41, 5.74) is 3.78. The highest BCUT2D eigenvalue weighted by molar-refractivity contribution is 5.61. The largest absolute Gasteiger partial charge is 0.461 e. The number of allylic oxidation sites excluding steroid dienone is 4. The molecule has 0 radical (unpaired) electrons. The van der Waals surface area contributed by atoms with Gasteiger partial charge in [0.1, 0.15) is 11.5 Å². The van der Waals surface area contributed by atoms with E-state index in [9.17, 15) is 0 Å². The van der Waals surface area contributed by atoms with Crippen LogP contribution in [0.5, 0.6) is 5.75 Å². The maximum absolute atomic E-state index is 6.13. The van der Waals surface area contributed by atoms with E-state index in [1.807, 2.05) is 12.1 Å². The molecule has 98 valence electrons. The first-order chi connectivity index (χ1) is 9.24. The van der Waals surface area contributed by atoms with Crippen LogP contribution in [-0.4, -0.2) is 19.0 Å². The Morgan fingerprint density at radius 2 is 2.00 bits per heavy atom. The van der Waals surface area contributed by atoms with Crippen molar-refractivity contribution < 1.29 is 4.74 Å². The van der Waals surface area contributed by atoms with Crippen molar-refractivity contribution in [3.8, 4) is 5.75 Å². The van der Waals surface area contributed by atoms with Gasteiger partial charge in [-0.05, 0) is 24.1 Å². The highest BCUT2D eigenvalue weighted by Gasteiger charge is 2.17. The predicted molar refractivity (Wildman–Crippen MR) is 78.8 cm³/mol. The van der Waals surface area contributed by atoms with Crippen LogP contribution in [0, 0.1) is 0 Å². The Hall–Kier alpha value is -1.96. The van der Waals surface area contributed by atoms with Crippen LogP contribution in [0.4, 0.5) is 0 Å². The van der Waals surface area contributed by atoms with Gasteiger partial charge in [-0.25, -0.2) is 0 Å². The third-order valence-electron chi connectivity index (χ3n) is 3.64. The molecule has 0 bridgehead atoms. The van der Waals surface area contributed by atoms with Crippen LogP contribution in [0.3, 0.4) is 0 Å². The molecule has 0 spiro atoms. The predicted octanol–water partition coefficient (Wildman–Crippen LogP) is 3.98. The molecule has 0 saturated heterocycles. The lowest BCUT2D eigenvalue weighted by atomic mass is 9.98. The summed E-state index contributed by atoms with van der Waals surface area (Å²) in [5, 5.41) is 0. The Kier molecular flexibility index (Phi) is 3.16. The van der Waals surface area contributed by atoms with Gasteiger partial charge in [0.2, 0.25) is 0 Å². The Labute approximate surface area is 114 Å². The van der Waals surface area contributed by atoms with Crippen molar-refractivity contribution in [1.29, 1.82) is 0 Å². The van der Waals surface area contributed by atoms with Gasteiger partial charge in [0, 0.05) is 38.2 Å². The van der Waals surface area contributed by atoms with E-state index in [2.05, 4.69) is 49.4 Å². The monoisotopic (exact) mass is 253 g/mol. The molecule has 2 heteroatoms. The van der Waals surface area contributed by atoms with Crippen LogP contribution in [0.1, 0.15) is 24.8 Å². The number of hydrogen-bond acceptors (Lipinski definition) is 2. The average Bonchev–Trinajstić information content (AvgIpc) is 2.38. The van der Waals surface area contributed by atoms with E-state index in [0.717, 1.165) is 36.3 Å². The fourth-order valence-electron chi connectivity index (χ4n) is 2.51. The number of nitrogens with zero attached hydrogens (tertiary/aromatic N) is 1. The Balaban J connectivity index is 2.11. The molecule has 2 nitrogen and oxygen atoms in total. The molecule has 0 amide bonds. The molecule has 0 fully saturated rings. The molecule has 0 aromatic heterocycles. The second-order valence-electron chi connectivity index (χ2n) is 5.24. The van der Waals surface area contributed by atoms with Crippen molar-refractivity contribution in [3.05, 3.63) is 59.0 Å². The number of hydrogen-bond donors (Lipinski definition) is 0. The number of fused-ring (bicyclic) bond motifs is 1. The van der Waals surface area contributed by atoms with E-state index < -0.39 is 0 Å². The molecule has 1 aliphatic carbocycles. The van der Waals surface area contributed by atoms with Gasteiger partial charge >= 0.3 is 0 Å². The molecule has 1 aromatic rings. The van der Waals surface area contributed by atoms with Crippen LogP contribution in [0.25, 0.3) is 6.08 Å². The Morgan fingerprint density at radius 1 is 1.16 bits per heavy atom. The van der Waals surface area contributed by atoms with Gasteiger partial charge in [-0.15, -0.1) is 0 Å². The van der Waals surface area contributed by atoms with E-state index in [1.54, 1.807) is 0 Å². The summed E-state index contributed by atoms with van der Waals surface area (Å²) in [6.07, 6.45) is 9.69. The second kappa shape index (κ2) is 4.96. The maximum Gasteiger partial charge on any atom is 0.134 e. The van der Waals surface area contributed by atoms with Crippen LogP contribution < -0.4 is 4.74 Å². The van der Waals surface area contributed by atoms with Crippen molar-refractivity contribution in [2.75, 3.05) is 14.1 Å². The van der Waals surface area contributed by atoms with Crippen LogP contribution in [0.15, 0.2) is 53.4 Å². The summed E-state index contributed by atoms with van der Waals surface area (Å²) in [6.45, 7) is 0. The molecule has 1 heterocycles. The minimum absolute atomic E-state index is 0.938. The van der Waals surface area contributed by atoms with E-state index in [0.29, 0.717) is 0 Å². The summed E-state index contributed by atoms with van der Waals surface area (Å²) < 4.78 is 6.13. The zero-order valence-corrected chi connectivity index (χ0v) is 11.5. The lowest BCUT2D eigenvalue weighted by molar-refractivity contribution is 0.390. The topological polar surface area (TPSA) is 12.5 Å². The molecular weight excluding hydrogens is 234 g/mol. The highest BCUT2D eigenvalue weighted by atomic mass is 16.5. The van der Waals surface area contributed by atoms with Crippen LogP contribution >= 0.6 is 0 Å². The SMILES string of the molecule is CN(C)C1=Cc2ccccc2OC2=C(C=CCC2)C1. The normalized spacial score (nSPS) is 17.7. The first kappa shape index (κ1) is 12.1.